The molecule has 5 aromatic carbocycles. The number of amides is 3. The fraction of sp³-hybridized carbons (Fsp3) is 0.244. The monoisotopic (exact) mass is 638 g/mol. The molecule has 0 aromatic heterocycles. The van der Waals surface area contributed by atoms with Crippen LogP contribution in [0.1, 0.15) is 57.7 Å². The first-order valence-corrected chi connectivity index (χ1v) is 16.7. The lowest BCUT2D eigenvalue weighted by atomic mass is 9.93. The molecule has 0 spiro atoms. The topological polar surface area (TPSA) is 95.7 Å². The van der Waals surface area contributed by atoms with Crippen LogP contribution in [0, 0.1) is 0 Å². The summed E-state index contributed by atoms with van der Waals surface area (Å²) in [5.74, 6) is -0.0888. The van der Waals surface area contributed by atoms with E-state index in [9.17, 15) is 14.4 Å². The molecule has 1 saturated heterocycles. The van der Waals surface area contributed by atoms with Gasteiger partial charge in [0.15, 0.2) is 0 Å². The van der Waals surface area contributed by atoms with Gasteiger partial charge in [0.2, 0.25) is 5.91 Å². The number of hydrogen-bond acceptors (Lipinski definition) is 4. The highest BCUT2D eigenvalue weighted by Crippen LogP contribution is 2.32. The lowest BCUT2D eigenvalue weighted by Crippen LogP contribution is -2.50. The van der Waals surface area contributed by atoms with E-state index in [-0.39, 0.29) is 36.2 Å². The van der Waals surface area contributed by atoms with Gasteiger partial charge in [-0.2, -0.15) is 0 Å². The highest BCUT2D eigenvalue weighted by Gasteiger charge is 2.33. The minimum atomic E-state index is -0.238. The van der Waals surface area contributed by atoms with E-state index in [1.165, 1.54) is 0 Å². The largest absolute Gasteiger partial charge is 0.351 e. The second-order valence-corrected chi connectivity index (χ2v) is 12.4. The number of hydrogen-bond donors (Lipinski definition) is 2. The summed E-state index contributed by atoms with van der Waals surface area (Å²) in [5.41, 5.74) is 10.6. The lowest BCUT2D eigenvalue weighted by molar-refractivity contribution is -0.136. The van der Waals surface area contributed by atoms with Crippen LogP contribution in [0.2, 0.25) is 0 Å². The predicted octanol–water partition coefficient (Wildman–Crippen LogP) is 6.63. The van der Waals surface area contributed by atoms with Crippen molar-refractivity contribution in [3.8, 4) is 11.1 Å². The summed E-state index contributed by atoms with van der Waals surface area (Å²) < 4.78 is 0. The van der Waals surface area contributed by atoms with E-state index in [0.717, 1.165) is 33.0 Å². The maximum Gasteiger partial charge on any atom is 0.253 e. The van der Waals surface area contributed by atoms with Gasteiger partial charge in [0, 0.05) is 43.3 Å². The highest BCUT2D eigenvalue weighted by atomic mass is 16.2. The van der Waals surface area contributed by atoms with Crippen molar-refractivity contribution in [2.24, 2.45) is 5.73 Å². The average molecular weight is 639 g/mol. The minimum Gasteiger partial charge on any atom is -0.351 e. The summed E-state index contributed by atoms with van der Waals surface area (Å²) in [5, 5.41) is 5.13. The van der Waals surface area contributed by atoms with Crippen molar-refractivity contribution >= 4 is 28.5 Å². The first-order chi connectivity index (χ1) is 23.4. The molecule has 1 aliphatic rings. The Morgan fingerprint density at radius 1 is 0.812 bits per heavy atom. The molecule has 3 N–H and O–H groups in total. The number of rotatable bonds is 10. The second-order valence-electron chi connectivity index (χ2n) is 12.4. The third kappa shape index (κ3) is 7.32. The molecule has 6 rings (SSSR count). The average Bonchev–Trinajstić information content (AvgIpc) is 3.14. The van der Waals surface area contributed by atoms with Crippen molar-refractivity contribution in [1.29, 1.82) is 0 Å². The SMILES string of the molecule is CC(c1cccc(-c2ccccc2C(=O)NCCN)c1)N(C(=O)Cc1ccc2ccccc2c1)C1CCN(C(=O)c2ccccc2)CC1. The number of piperidine rings is 1. The van der Waals surface area contributed by atoms with E-state index in [4.69, 9.17) is 5.73 Å². The number of likely N-dealkylation sites (tertiary alicyclic amines) is 1. The van der Waals surface area contributed by atoms with E-state index in [0.29, 0.717) is 50.1 Å². The molecule has 7 nitrogen and oxygen atoms in total. The van der Waals surface area contributed by atoms with Gasteiger partial charge in [-0.05, 0) is 77.1 Å². The predicted molar refractivity (Wildman–Crippen MR) is 192 cm³/mol. The van der Waals surface area contributed by atoms with Gasteiger partial charge in [0.1, 0.15) is 0 Å². The number of carbonyl (C=O) groups is 3. The molecule has 1 atom stereocenters. The number of benzene rings is 5. The maximum absolute atomic E-state index is 14.4. The normalized spacial score (nSPS) is 14.0. The maximum atomic E-state index is 14.4. The Kier molecular flexibility index (Phi) is 10.3. The molecule has 48 heavy (non-hydrogen) atoms. The molecule has 1 heterocycles. The van der Waals surface area contributed by atoms with Gasteiger partial charge < -0.3 is 20.9 Å². The van der Waals surface area contributed by atoms with Crippen LogP contribution < -0.4 is 11.1 Å². The molecule has 0 bridgehead atoms. The summed E-state index contributed by atoms with van der Waals surface area (Å²) >= 11 is 0. The van der Waals surface area contributed by atoms with Crippen molar-refractivity contribution in [1.82, 2.24) is 15.1 Å². The van der Waals surface area contributed by atoms with Crippen LogP contribution in [0.5, 0.6) is 0 Å². The van der Waals surface area contributed by atoms with Crippen LogP contribution >= 0.6 is 0 Å². The van der Waals surface area contributed by atoms with Gasteiger partial charge in [-0.1, -0.05) is 97.1 Å². The van der Waals surface area contributed by atoms with Gasteiger partial charge in [-0.3, -0.25) is 14.4 Å². The number of carbonyl (C=O) groups excluding carboxylic acids is 3. The highest BCUT2D eigenvalue weighted by molar-refractivity contribution is 6.01. The summed E-state index contributed by atoms with van der Waals surface area (Å²) in [6, 6.07) is 39.2. The van der Waals surface area contributed by atoms with Crippen molar-refractivity contribution in [2.75, 3.05) is 26.2 Å². The van der Waals surface area contributed by atoms with Gasteiger partial charge >= 0.3 is 0 Å². The summed E-state index contributed by atoms with van der Waals surface area (Å²) in [4.78, 5) is 44.5. The minimum absolute atomic E-state index is 0.0259. The molecule has 0 aliphatic carbocycles. The summed E-state index contributed by atoms with van der Waals surface area (Å²) in [6.07, 6.45) is 1.66. The van der Waals surface area contributed by atoms with Gasteiger partial charge in [-0.25, -0.2) is 0 Å². The smallest absolute Gasteiger partial charge is 0.253 e. The fourth-order valence-corrected chi connectivity index (χ4v) is 6.80. The number of fused-ring (bicyclic) bond motifs is 1. The second kappa shape index (κ2) is 15.1. The van der Waals surface area contributed by atoms with Crippen LogP contribution in [-0.4, -0.2) is 59.7 Å². The van der Waals surface area contributed by atoms with E-state index >= 15 is 0 Å². The van der Waals surface area contributed by atoms with Crippen LogP contribution in [0.3, 0.4) is 0 Å². The molecular formula is C41H42N4O3. The van der Waals surface area contributed by atoms with E-state index in [1.54, 1.807) is 0 Å². The van der Waals surface area contributed by atoms with Crippen LogP contribution in [0.25, 0.3) is 21.9 Å². The Balaban J connectivity index is 1.28. The Hall–Kier alpha value is -5.27. The Labute approximate surface area is 282 Å². The Bertz CT molecular complexity index is 1900. The molecule has 0 saturated carbocycles. The third-order valence-corrected chi connectivity index (χ3v) is 9.32. The van der Waals surface area contributed by atoms with Crippen molar-refractivity contribution in [3.05, 3.63) is 144 Å². The van der Waals surface area contributed by atoms with E-state index in [1.807, 2.05) is 94.7 Å². The van der Waals surface area contributed by atoms with E-state index in [2.05, 4.69) is 48.6 Å². The molecule has 1 aliphatic heterocycles. The molecule has 3 amide bonds. The van der Waals surface area contributed by atoms with Gasteiger partial charge in [0.25, 0.3) is 11.8 Å². The molecule has 0 radical (unpaired) electrons. The number of nitrogens with zero attached hydrogens (tertiary/aromatic N) is 2. The number of nitrogens with one attached hydrogen (secondary N) is 1. The van der Waals surface area contributed by atoms with Gasteiger partial charge in [0.05, 0.1) is 12.5 Å². The fourth-order valence-electron chi connectivity index (χ4n) is 6.80. The Morgan fingerprint density at radius 2 is 1.52 bits per heavy atom. The molecule has 1 fully saturated rings. The first kappa shape index (κ1) is 32.7. The summed E-state index contributed by atoms with van der Waals surface area (Å²) in [6.45, 7) is 4.00. The molecule has 1 unspecified atom stereocenters. The first-order valence-electron chi connectivity index (χ1n) is 16.7. The summed E-state index contributed by atoms with van der Waals surface area (Å²) in [7, 11) is 0. The zero-order chi connectivity index (χ0) is 33.5. The van der Waals surface area contributed by atoms with Gasteiger partial charge in [-0.15, -0.1) is 0 Å². The van der Waals surface area contributed by atoms with Crippen LogP contribution in [0.4, 0.5) is 0 Å². The third-order valence-electron chi connectivity index (χ3n) is 9.32. The number of nitrogens with two attached hydrogens (primary N) is 1. The molecule has 7 heteroatoms. The van der Waals surface area contributed by atoms with Crippen LogP contribution in [-0.2, 0) is 11.2 Å². The lowest BCUT2D eigenvalue weighted by Gasteiger charge is -2.42. The van der Waals surface area contributed by atoms with Crippen molar-refractivity contribution in [3.63, 3.8) is 0 Å². The quantitative estimate of drug-likeness (QED) is 0.180. The Morgan fingerprint density at radius 3 is 2.29 bits per heavy atom. The van der Waals surface area contributed by atoms with Crippen molar-refractivity contribution < 1.29 is 14.4 Å². The van der Waals surface area contributed by atoms with E-state index < -0.39 is 0 Å². The standard InChI is InChI=1S/C41H42N4O3/c1-29(33-14-9-15-35(28-33)37-16-7-8-17-38(37)40(47)43-23-22-42)45(39(46)27-30-18-19-31-10-5-6-13-34(31)26-30)36-20-24-44(25-21-36)41(48)32-11-3-2-4-12-32/h2-19,26,28-29,36H,20-25,27,42H2,1H3,(H,43,47). The van der Waals surface area contributed by atoms with Crippen LogP contribution in [0.15, 0.2) is 121 Å². The zero-order valence-corrected chi connectivity index (χ0v) is 27.3. The molecular weight excluding hydrogens is 596 g/mol. The zero-order valence-electron chi connectivity index (χ0n) is 27.3. The van der Waals surface area contributed by atoms with Crippen molar-refractivity contribution in [2.45, 2.75) is 38.3 Å². The molecule has 244 valence electrons. The molecule has 5 aromatic rings.